The van der Waals surface area contributed by atoms with Crippen molar-refractivity contribution in [3.05, 3.63) is 47.3 Å². The molecule has 2 nitrogen and oxygen atoms in total. The number of aryl methyl sites for hydroxylation is 1. The molecule has 1 aliphatic heterocycles. The molecule has 2 aromatic carbocycles. The summed E-state index contributed by atoms with van der Waals surface area (Å²) in [4.78, 5) is 0. The molecule has 0 aromatic heterocycles. The molecule has 1 N–H and O–H groups in total. The van der Waals surface area contributed by atoms with Crippen LogP contribution in [-0.4, -0.2) is 13.7 Å². The van der Waals surface area contributed by atoms with Crippen molar-refractivity contribution in [1.82, 2.24) is 0 Å². The third-order valence-electron chi connectivity index (χ3n) is 3.87. The number of nitrogens with one attached hydrogen (secondary N) is 1. The number of ether oxygens (including phenoxy) is 1. The van der Waals surface area contributed by atoms with E-state index in [4.69, 9.17) is 4.74 Å². The normalized spacial score (nSPS) is 13.6. The molecule has 0 amide bonds. The van der Waals surface area contributed by atoms with Gasteiger partial charge in [0.1, 0.15) is 11.6 Å². The summed E-state index contributed by atoms with van der Waals surface area (Å²) in [5.74, 6) is 0.706. The molecule has 20 heavy (non-hydrogen) atoms. The van der Waals surface area contributed by atoms with E-state index < -0.39 is 0 Å². The van der Waals surface area contributed by atoms with Crippen LogP contribution in [0.15, 0.2) is 30.3 Å². The Morgan fingerprint density at radius 2 is 2.05 bits per heavy atom. The van der Waals surface area contributed by atoms with Crippen LogP contribution in [0.1, 0.15) is 17.5 Å². The zero-order valence-electron chi connectivity index (χ0n) is 11.8. The van der Waals surface area contributed by atoms with Gasteiger partial charge in [-0.05, 0) is 60.2 Å². The van der Waals surface area contributed by atoms with Crippen LogP contribution < -0.4 is 10.1 Å². The first-order valence-electron chi connectivity index (χ1n) is 6.93. The topological polar surface area (TPSA) is 21.3 Å². The number of rotatable bonds is 2. The Bertz CT molecular complexity index is 652. The Morgan fingerprint density at radius 1 is 1.20 bits per heavy atom. The molecule has 0 spiro atoms. The number of hydrogen-bond donors (Lipinski definition) is 1. The molecular formula is C17H18FNO. The highest BCUT2D eigenvalue weighted by Gasteiger charge is 2.14. The fourth-order valence-corrected chi connectivity index (χ4v) is 2.75. The largest absolute Gasteiger partial charge is 0.493 e. The number of hydrogen-bond acceptors (Lipinski definition) is 2. The summed E-state index contributed by atoms with van der Waals surface area (Å²) >= 11 is 0. The summed E-state index contributed by atoms with van der Waals surface area (Å²) in [6.45, 7) is 2.77. The highest BCUT2D eigenvalue weighted by atomic mass is 19.1. The number of anilines is 1. The van der Waals surface area contributed by atoms with Gasteiger partial charge < -0.3 is 10.1 Å². The van der Waals surface area contributed by atoms with Gasteiger partial charge in [0.15, 0.2) is 0 Å². The second-order valence-corrected chi connectivity index (χ2v) is 5.15. The van der Waals surface area contributed by atoms with Gasteiger partial charge in [0.2, 0.25) is 0 Å². The van der Waals surface area contributed by atoms with Gasteiger partial charge in [-0.2, -0.15) is 0 Å². The summed E-state index contributed by atoms with van der Waals surface area (Å²) in [5, 5.41) is 3.04. The van der Waals surface area contributed by atoms with Crippen molar-refractivity contribution < 1.29 is 9.13 Å². The summed E-state index contributed by atoms with van der Waals surface area (Å²) in [5.41, 5.74) is 5.01. The molecule has 104 valence electrons. The van der Waals surface area contributed by atoms with Crippen molar-refractivity contribution in [2.75, 3.05) is 19.0 Å². The summed E-state index contributed by atoms with van der Waals surface area (Å²) in [7, 11) is 1.81. The molecular weight excluding hydrogens is 253 g/mol. The highest BCUT2D eigenvalue weighted by Crippen LogP contribution is 2.34. The van der Waals surface area contributed by atoms with Crippen LogP contribution >= 0.6 is 0 Å². The molecule has 0 fully saturated rings. The molecule has 1 heterocycles. The quantitative estimate of drug-likeness (QED) is 0.885. The van der Waals surface area contributed by atoms with E-state index in [-0.39, 0.29) is 5.82 Å². The monoisotopic (exact) mass is 271 g/mol. The Balaban J connectivity index is 2.11. The Hall–Kier alpha value is -2.03. The molecule has 0 atom stereocenters. The van der Waals surface area contributed by atoms with E-state index in [1.165, 1.54) is 11.6 Å². The maximum atomic E-state index is 13.7. The van der Waals surface area contributed by atoms with Gasteiger partial charge in [-0.25, -0.2) is 4.39 Å². The van der Waals surface area contributed by atoms with Crippen molar-refractivity contribution in [3.8, 4) is 16.9 Å². The average Bonchev–Trinajstić information content (AvgIpc) is 2.48. The fraction of sp³-hybridized carbons (Fsp3) is 0.294. The predicted molar refractivity (Wildman–Crippen MR) is 79.9 cm³/mol. The number of fused-ring (bicyclic) bond motifs is 1. The number of halogens is 1. The van der Waals surface area contributed by atoms with Gasteiger partial charge in [0, 0.05) is 12.7 Å². The molecule has 0 radical (unpaired) electrons. The lowest BCUT2D eigenvalue weighted by Gasteiger charge is -2.19. The average molecular weight is 271 g/mol. The van der Waals surface area contributed by atoms with E-state index in [9.17, 15) is 4.39 Å². The lowest BCUT2D eigenvalue weighted by atomic mass is 9.96. The van der Waals surface area contributed by atoms with Crippen LogP contribution in [0.3, 0.4) is 0 Å². The zero-order valence-corrected chi connectivity index (χ0v) is 11.8. The molecule has 3 rings (SSSR count). The van der Waals surface area contributed by atoms with Crippen LogP contribution in [0.4, 0.5) is 10.1 Å². The highest BCUT2D eigenvalue weighted by molar-refractivity contribution is 5.75. The third-order valence-corrected chi connectivity index (χ3v) is 3.87. The molecule has 0 aliphatic carbocycles. The van der Waals surface area contributed by atoms with Crippen molar-refractivity contribution in [1.29, 1.82) is 0 Å². The zero-order chi connectivity index (χ0) is 14.1. The van der Waals surface area contributed by atoms with E-state index in [0.717, 1.165) is 47.6 Å². The summed E-state index contributed by atoms with van der Waals surface area (Å²) < 4.78 is 19.5. The van der Waals surface area contributed by atoms with E-state index in [1.54, 1.807) is 6.07 Å². The maximum Gasteiger partial charge on any atom is 0.125 e. The second-order valence-electron chi connectivity index (χ2n) is 5.15. The van der Waals surface area contributed by atoms with Crippen molar-refractivity contribution >= 4 is 5.69 Å². The third kappa shape index (κ3) is 2.24. The predicted octanol–water partition coefficient (Wildman–Crippen LogP) is 4.17. The van der Waals surface area contributed by atoms with Gasteiger partial charge in [-0.3, -0.25) is 0 Å². The standard InChI is InChI=1S/C17H18FNO/c1-11-15(9-14(18)10-16(11)19-2)13-6-5-12-4-3-7-20-17(12)8-13/h5-6,8-10,19H,3-4,7H2,1-2H3. The van der Waals surface area contributed by atoms with Gasteiger partial charge >= 0.3 is 0 Å². The van der Waals surface area contributed by atoms with Crippen molar-refractivity contribution in [3.63, 3.8) is 0 Å². The smallest absolute Gasteiger partial charge is 0.125 e. The molecule has 0 unspecified atom stereocenters. The van der Waals surface area contributed by atoms with Gasteiger partial charge in [-0.15, -0.1) is 0 Å². The van der Waals surface area contributed by atoms with E-state index >= 15 is 0 Å². The Kier molecular flexibility index (Phi) is 3.35. The lowest BCUT2D eigenvalue weighted by molar-refractivity contribution is 0.288. The minimum Gasteiger partial charge on any atom is -0.493 e. The van der Waals surface area contributed by atoms with Crippen LogP contribution in [0, 0.1) is 12.7 Å². The van der Waals surface area contributed by atoms with Crippen LogP contribution in [-0.2, 0) is 6.42 Å². The van der Waals surface area contributed by atoms with Gasteiger partial charge in [0.05, 0.1) is 6.61 Å². The molecule has 2 aromatic rings. The first-order valence-corrected chi connectivity index (χ1v) is 6.93. The number of benzene rings is 2. The molecule has 3 heteroatoms. The first-order chi connectivity index (χ1) is 9.69. The molecule has 1 aliphatic rings. The van der Waals surface area contributed by atoms with Crippen LogP contribution in [0.2, 0.25) is 0 Å². The summed E-state index contributed by atoms with van der Waals surface area (Å²) in [6.07, 6.45) is 2.12. The molecule has 0 saturated heterocycles. The van der Waals surface area contributed by atoms with Gasteiger partial charge in [0.25, 0.3) is 0 Å². The Morgan fingerprint density at radius 3 is 2.85 bits per heavy atom. The lowest BCUT2D eigenvalue weighted by Crippen LogP contribution is -2.08. The van der Waals surface area contributed by atoms with E-state index in [1.807, 2.05) is 20.0 Å². The van der Waals surface area contributed by atoms with Gasteiger partial charge in [-0.1, -0.05) is 12.1 Å². The fourth-order valence-electron chi connectivity index (χ4n) is 2.75. The Labute approximate surface area is 118 Å². The van der Waals surface area contributed by atoms with Crippen molar-refractivity contribution in [2.45, 2.75) is 19.8 Å². The van der Waals surface area contributed by atoms with E-state index in [0.29, 0.717) is 0 Å². The minimum absolute atomic E-state index is 0.228. The first kappa shape index (κ1) is 13.0. The minimum atomic E-state index is -0.228. The SMILES string of the molecule is CNc1cc(F)cc(-c2ccc3c(c2)OCCC3)c1C. The van der Waals surface area contributed by atoms with E-state index in [2.05, 4.69) is 17.4 Å². The van der Waals surface area contributed by atoms with Crippen LogP contribution in [0.25, 0.3) is 11.1 Å². The molecule has 0 bridgehead atoms. The second kappa shape index (κ2) is 5.16. The summed E-state index contributed by atoms with van der Waals surface area (Å²) in [6, 6.07) is 9.27. The van der Waals surface area contributed by atoms with Crippen LogP contribution in [0.5, 0.6) is 5.75 Å². The van der Waals surface area contributed by atoms with Crippen molar-refractivity contribution in [2.24, 2.45) is 0 Å². The maximum absolute atomic E-state index is 13.7. The molecule has 0 saturated carbocycles.